The number of nitro benzene ring substituents is 1. The van der Waals surface area contributed by atoms with Crippen LogP contribution in [0.5, 0.6) is 0 Å². The van der Waals surface area contributed by atoms with Crippen molar-refractivity contribution in [1.82, 2.24) is 9.88 Å². The van der Waals surface area contributed by atoms with E-state index in [4.69, 9.17) is 11.6 Å². The topological polar surface area (TPSA) is 60.1 Å². The van der Waals surface area contributed by atoms with E-state index < -0.39 is 4.92 Å². The lowest BCUT2D eigenvalue weighted by molar-refractivity contribution is -0.384. The van der Waals surface area contributed by atoms with Gasteiger partial charge in [0.2, 0.25) is 0 Å². The molecule has 0 aliphatic heterocycles. The third kappa shape index (κ3) is 4.31. The van der Waals surface area contributed by atoms with Gasteiger partial charge in [0.25, 0.3) is 5.69 Å². The third-order valence-corrected chi connectivity index (χ3v) is 3.48. The Morgan fingerprint density at radius 2 is 2.14 bits per heavy atom. The standard InChI is InChI=1S/C15H18ClN3O2/c1-11(2)17-8-12-5-6-18(9-12)10-13-3-4-14(19(20)21)7-15(13)16/h3-7,9,11,17H,8,10H2,1-2H3. The molecule has 0 saturated heterocycles. The summed E-state index contributed by atoms with van der Waals surface area (Å²) in [5.74, 6) is 0. The van der Waals surface area contributed by atoms with Gasteiger partial charge in [0.05, 0.1) is 9.95 Å². The van der Waals surface area contributed by atoms with Crippen molar-refractivity contribution in [1.29, 1.82) is 0 Å². The van der Waals surface area contributed by atoms with E-state index in [1.807, 2.05) is 17.0 Å². The minimum Gasteiger partial charge on any atom is -0.350 e. The van der Waals surface area contributed by atoms with Crippen LogP contribution in [-0.2, 0) is 13.1 Å². The highest BCUT2D eigenvalue weighted by atomic mass is 35.5. The van der Waals surface area contributed by atoms with Crippen LogP contribution in [-0.4, -0.2) is 15.5 Å². The van der Waals surface area contributed by atoms with Crippen molar-refractivity contribution in [3.8, 4) is 0 Å². The molecular formula is C15H18ClN3O2. The van der Waals surface area contributed by atoms with Gasteiger partial charge in [-0.15, -0.1) is 0 Å². The maximum atomic E-state index is 10.7. The van der Waals surface area contributed by atoms with Crippen molar-refractivity contribution >= 4 is 17.3 Å². The highest BCUT2D eigenvalue weighted by Crippen LogP contribution is 2.23. The Hall–Kier alpha value is -1.85. The SMILES string of the molecule is CC(C)NCc1ccn(Cc2ccc([N+](=O)[O-])cc2Cl)c1. The largest absolute Gasteiger partial charge is 0.350 e. The van der Waals surface area contributed by atoms with Crippen LogP contribution in [0.25, 0.3) is 0 Å². The first-order chi connectivity index (χ1) is 9.95. The number of hydrogen-bond acceptors (Lipinski definition) is 3. The predicted octanol–water partition coefficient (Wildman–Crippen LogP) is 3.60. The molecule has 1 aromatic heterocycles. The van der Waals surface area contributed by atoms with Gasteiger partial charge < -0.3 is 9.88 Å². The fourth-order valence-corrected chi connectivity index (χ4v) is 2.22. The first-order valence-electron chi connectivity index (χ1n) is 6.76. The molecule has 6 heteroatoms. The minimum atomic E-state index is -0.443. The van der Waals surface area contributed by atoms with Crippen molar-refractivity contribution in [3.63, 3.8) is 0 Å². The van der Waals surface area contributed by atoms with E-state index in [0.29, 0.717) is 17.6 Å². The number of halogens is 1. The summed E-state index contributed by atoms with van der Waals surface area (Å²) in [6, 6.07) is 7.06. The summed E-state index contributed by atoms with van der Waals surface area (Å²) >= 11 is 6.10. The molecule has 0 unspecified atom stereocenters. The molecule has 2 rings (SSSR count). The molecule has 112 valence electrons. The lowest BCUT2D eigenvalue weighted by Crippen LogP contribution is -2.21. The van der Waals surface area contributed by atoms with Gasteiger partial charge in [0.1, 0.15) is 0 Å². The van der Waals surface area contributed by atoms with Crippen LogP contribution in [0.2, 0.25) is 5.02 Å². The lowest BCUT2D eigenvalue weighted by Gasteiger charge is -2.07. The summed E-state index contributed by atoms with van der Waals surface area (Å²) in [5.41, 5.74) is 2.07. The first-order valence-corrected chi connectivity index (χ1v) is 7.14. The molecule has 0 saturated carbocycles. The Balaban J connectivity index is 2.06. The first kappa shape index (κ1) is 15.5. The van der Waals surface area contributed by atoms with Crippen LogP contribution < -0.4 is 5.32 Å². The number of rotatable bonds is 6. The van der Waals surface area contributed by atoms with Gasteiger partial charge in [-0.2, -0.15) is 0 Å². The van der Waals surface area contributed by atoms with Crippen molar-refractivity contribution in [3.05, 3.63) is 62.9 Å². The van der Waals surface area contributed by atoms with E-state index in [-0.39, 0.29) is 5.69 Å². The fraction of sp³-hybridized carbons (Fsp3) is 0.333. The second-order valence-electron chi connectivity index (χ2n) is 5.26. The van der Waals surface area contributed by atoms with Crippen molar-refractivity contribution in [2.45, 2.75) is 33.0 Å². The highest BCUT2D eigenvalue weighted by molar-refractivity contribution is 6.31. The van der Waals surface area contributed by atoms with Crippen LogP contribution in [0.4, 0.5) is 5.69 Å². The van der Waals surface area contributed by atoms with Crippen LogP contribution in [0, 0.1) is 10.1 Å². The number of nitro groups is 1. The average molecular weight is 308 g/mol. The molecule has 0 aliphatic rings. The smallest absolute Gasteiger partial charge is 0.270 e. The van der Waals surface area contributed by atoms with Gasteiger partial charge >= 0.3 is 0 Å². The maximum Gasteiger partial charge on any atom is 0.270 e. The number of hydrogen-bond donors (Lipinski definition) is 1. The Morgan fingerprint density at radius 3 is 2.76 bits per heavy atom. The summed E-state index contributed by atoms with van der Waals surface area (Å²) in [6.07, 6.45) is 4.03. The van der Waals surface area contributed by atoms with Gasteiger partial charge in [-0.25, -0.2) is 0 Å². The highest BCUT2D eigenvalue weighted by Gasteiger charge is 2.09. The monoisotopic (exact) mass is 307 g/mol. The van der Waals surface area contributed by atoms with E-state index in [2.05, 4.69) is 25.2 Å². The van der Waals surface area contributed by atoms with Crippen molar-refractivity contribution in [2.75, 3.05) is 0 Å². The third-order valence-electron chi connectivity index (χ3n) is 3.13. The van der Waals surface area contributed by atoms with Crippen LogP contribution >= 0.6 is 11.6 Å². The maximum absolute atomic E-state index is 10.7. The second kappa shape index (κ2) is 6.74. The van der Waals surface area contributed by atoms with Gasteiger partial charge in [-0.1, -0.05) is 25.4 Å². The molecule has 21 heavy (non-hydrogen) atoms. The molecule has 1 aromatic carbocycles. The van der Waals surface area contributed by atoms with Crippen LogP contribution in [0.1, 0.15) is 25.0 Å². The van der Waals surface area contributed by atoms with Gasteiger partial charge in [-0.3, -0.25) is 10.1 Å². The van der Waals surface area contributed by atoms with E-state index in [1.54, 1.807) is 6.07 Å². The summed E-state index contributed by atoms with van der Waals surface area (Å²) in [5, 5.41) is 14.5. The molecule has 0 radical (unpaired) electrons. The zero-order valence-corrected chi connectivity index (χ0v) is 12.8. The van der Waals surface area contributed by atoms with E-state index in [0.717, 1.165) is 12.1 Å². The van der Waals surface area contributed by atoms with Gasteiger partial charge in [0.15, 0.2) is 0 Å². The summed E-state index contributed by atoms with van der Waals surface area (Å²) < 4.78 is 2.02. The second-order valence-corrected chi connectivity index (χ2v) is 5.67. The zero-order valence-electron chi connectivity index (χ0n) is 12.0. The molecule has 0 fully saturated rings. The molecule has 1 heterocycles. The van der Waals surface area contributed by atoms with Gasteiger partial charge in [-0.05, 0) is 23.3 Å². The van der Waals surface area contributed by atoms with Crippen molar-refractivity contribution < 1.29 is 4.92 Å². The molecule has 0 amide bonds. The van der Waals surface area contributed by atoms with Crippen molar-refractivity contribution in [2.24, 2.45) is 0 Å². The average Bonchev–Trinajstić information content (AvgIpc) is 2.86. The quantitative estimate of drug-likeness (QED) is 0.655. The number of benzene rings is 1. The van der Waals surface area contributed by atoms with E-state index in [1.165, 1.54) is 17.7 Å². The number of nitrogens with one attached hydrogen (secondary N) is 1. The summed E-state index contributed by atoms with van der Waals surface area (Å²) in [7, 11) is 0. The van der Waals surface area contributed by atoms with Crippen LogP contribution in [0.15, 0.2) is 36.7 Å². The Bertz CT molecular complexity index is 638. The summed E-state index contributed by atoms with van der Waals surface area (Å²) in [6.45, 7) is 5.62. The number of non-ortho nitro benzene ring substituents is 1. The Kier molecular flexibility index (Phi) is 4.98. The molecule has 2 aromatic rings. The van der Waals surface area contributed by atoms with E-state index >= 15 is 0 Å². The van der Waals surface area contributed by atoms with Gasteiger partial charge in [0, 0.05) is 43.7 Å². The molecular weight excluding hydrogens is 290 g/mol. The normalized spacial score (nSPS) is 11.0. The Labute approximate surface area is 128 Å². The predicted molar refractivity (Wildman–Crippen MR) is 83.6 cm³/mol. The summed E-state index contributed by atoms with van der Waals surface area (Å²) in [4.78, 5) is 10.2. The Morgan fingerprint density at radius 1 is 1.38 bits per heavy atom. The molecule has 0 aliphatic carbocycles. The van der Waals surface area contributed by atoms with E-state index in [9.17, 15) is 10.1 Å². The zero-order chi connectivity index (χ0) is 15.4. The molecule has 0 atom stereocenters. The molecule has 0 spiro atoms. The molecule has 0 bridgehead atoms. The fourth-order valence-electron chi connectivity index (χ4n) is 1.99. The lowest BCUT2D eigenvalue weighted by atomic mass is 10.2. The number of nitrogens with zero attached hydrogens (tertiary/aromatic N) is 2. The number of aromatic nitrogens is 1. The van der Waals surface area contributed by atoms with Crippen LogP contribution in [0.3, 0.4) is 0 Å². The minimum absolute atomic E-state index is 0.0121. The molecule has 1 N–H and O–H groups in total. The molecule has 5 nitrogen and oxygen atoms in total.